The molecule has 0 N–H and O–H groups in total. The minimum Gasteiger partial charge on any atom is -0.333 e. The van der Waals surface area contributed by atoms with Crippen LogP contribution < -0.4 is 4.90 Å². The Hall–Kier alpha value is -8.15. The fourth-order valence-corrected chi connectivity index (χ4v) is 9.66. The van der Waals surface area contributed by atoms with Gasteiger partial charge in [-0.1, -0.05) is 188 Å². The highest BCUT2D eigenvalue weighted by Crippen LogP contribution is 2.55. The van der Waals surface area contributed by atoms with E-state index >= 15 is 0 Å². The lowest BCUT2D eigenvalue weighted by molar-refractivity contribution is 0.724. The molecule has 2 unspecified atom stereocenters. The van der Waals surface area contributed by atoms with Crippen LogP contribution in [0.5, 0.6) is 0 Å². The van der Waals surface area contributed by atoms with Crippen LogP contribution in [-0.4, -0.2) is 25.6 Å². The number of rotatable bonds is 7. The van der Waals surface area contributed by atoms with E-state index in [1.54, 1.807) is 0 Å². The van der Waals surface area contributed by atoms with E-state index < -0.39 is 0 Å². The Balaban J connectivity index is 0.996. The van der Waals surface area contributed by atoms with E-state index in [9.17, 15) is 0 Å². The Morgan fingerprint density at radius 1 is 0.403 bits per heavy atom. The van der Waals surface area contributed by atoms with Gasteiger partial charge in [-0.15, -0.1) is 0 Å². The summed E-state index contributed by atoms with van der Waals surface area (Å²) in [6.45, 7) is 0. The molecule has 2 aliphatic rings. The number of para-hydroxylation sites is 3. The average molecular weight is 794 g/mol. The average Bonchev–Trinajstić information content (AvgIpc) is 3.88. The fourth-order valence-electron chi connectivity index (χ4n) is 9.66. The standard InChI is InChI=1S/C57H39N5/c1-4-18-38(19-5-1)41-24-16-25-42(36-41)43-26-17-27-44(37-43)45-28-10-13-31-48(45)61-49-32-14-11-29-46(49)53-51(61)34-35-52-54(53)47-30-12-15-33-50(47)62(52)57-59-55(39-20-6-2-7-21-39)58-56(60-57)40-22-8-3-9-23-40/h1-37,51,53H. The Labute approximate surface area is 360 Å². The summed E-state index contributed by atoms with van der Waals surface area (Å²) in [5, 5.41) is 1.19. The van der Waals surface area contributed by atoms with Crippen LogP contribution in [0.1, 0.15) is 22.7 Å². The van der Waals surface area contributed by atoms with Crippen molar-refractivity contribution < 1.29 is 0 Å². The van der Waals surface area contributed by atoms with Gasteiger partial charge in [0.2, 0.25) is 5.95 Å². The maximum atomic E-state index is 5.21. The zero-order valence-corrected chi connectivity index (χ0v) is 33.8. The first-order valence-corrected chi connectivity index (χ1v) is 21.2. The van der Waals surface area contributed by atoms with Gasteiger partial charge in [-0.25, -0.2) is 4.98 Å². The van der Waals surface area contributed by atoms with E-state index in [1.165, 1.54) is 61.3 Å². The van der Waals surface area contributed by atoms with Crippen molar-refractivity contribution in [1.82, 2.24) is 19.5 Å². The van der Waals surface area contributed by atoms with E-state index in [2.05, 4.69) is 198 Å². The third kappa shape index (κ3) is 5.97. The van der Waals surface area contributed by atoms with Crippen molar-refractivity contribution in [1.29, 1.82) is 0 Å². The number of hydrogen-bond acceptors (Lipinski definition) is 4. The molecule has 2 aromatic heterocycles. The number of hydrogen-bond donors (Lipinski definition) is 0. The summed E-state index contributed by atoms with van der Waals surface area (Å²) in [6.07, 6.45) is 4.69. The lowest BCUT2D eigenvalue weighted by Gasteiger charge is -2.32. The summed E-state index contributed by atoms with van der Waals surface area (Å²) < 4.78 is 2.25. The summed E-state index contributed by atoms with van der Waals surface area (Å²) in [4.78, 5) is 18.0. The predicted octanol–water partition coefficient (Wildman–Crippen LogP) is 13.8. The van der Waals surface area contributed by atoms with Crippen molar-refractivity contribution in [2.24, 2.45) is 0 Å². The van der Waals surface area contributed by atoms with Crippen LogP contribution in [0.4, 0.5) is 11.4 Å². The number of benzene rings is 8. The summed E-state index contributed by atoms with van der Waals surface area (Å²) in [7, 11) is 0. The van der Waals surface area contributed by atoms with Crippen molar-refractivity contribution >= 4 is 28.4 Å². The SMILES string of the molecule is C1=CC2C(c3ccccc3N2c2ccccc2-c2cccc(-c3cccc(-c4ccccc4)c3)c2)c2c1n(-c1nc(-c3ccccc3)nc(-c3ccccc3)n1)c1ccccc21. The van der Waals surface area contributed by atoms with Crippen LogP contribution in [0.25, 0.3) is 79.1 Å². The lowest BCUT2D eigenvalue weighted by Crippen LogP contribution is -2.31. The van der Waals surface area contributed by atoms with Gasteiger partial charge in [0.1, 0.15) is 0 Å². The first-order valence-electron chi connectivity index (χ1n) is 21.2. The van der Waals surface area contributed by atoms with Gasteiger partial charge < -0.3 is 4.90 Å². The third-order valence-corrected chi connectivity index (χ3v) is 12.4. The van der Waals surface area contributed by atoms with Crippen LogP contribution in [0.2, 0.25) is 0 Å². The molecular weight excluding hydrogens is 755 g/mol. The van der Waals surface area contributed by atoms with Gasteiger partial charge in [0.05, 0.1) is 17.3 Å². The van der Waals surface area contributed by atoms with Crippen LogP contribution in [0.15, 0.2) is 218 Å². The van der Waals surface area contributed by atoms with Crippen LogP contribution in [0, 0.1) is 0 Å². The summed E-state index contributed by atoms with van der Waals surface area (Å²) >= 11 is 0. The van der Waals surface area contributed by atoms with Gasteiger partial charge in [-0.2, -0.15) is 9.97 Å². The highest BCUT2D eigenvalue weighted by molar-refractivity contribution is 5.95. The molecule has 5 nitrogen and oxygen atoms in total. The van der Waals surface area contributed by atoms with Crippen molar-refractivity contribution in [3.8, 4) is 62.1 Å². The monoisotopic (exact) mass is 793 g/mol. The maximum absolute atomic E-state index is 5.21. The van der Waals surface area contributed by atoms with Gasteiger partial charge in [0.15, 0.2) is 11.6 Å². The molecule has 1 aliphatic carbocycles. The van der Waals surface area contributed by atoms with Gasteiger partial charge in [0, 0.05) is 39.4 Å². The first kappa shape index (κ1) is 35.8. The second-order valence-corrected chi connectivity index (χ2v) is 16.0. The van der Waals surface area contributed by atoms with E-state index in [4.69, 9.17) is 15.0 Å². The predicted molar refractivity (Wildman–Crippen MR) is 254 cm³/mol. The van der Waals surface area contributed by atoms with Crippen molar-refractivity contribution in [3.63, 3.8) is 0 Å². The van der Waals surface area contributed by atoms with E-state index in [-0.39, 0.29) is 12.0 Å². The van der Waals surface area contributed by atoms with Crippen molar-refractivity contribution in [3.05, 3.63) is 235 Å². The Kier molecular flexibility index (Phi) is 8.56. The molecule has 0 bridgehead atoms. The topological polar surface area (TPSA) is 46.8 Å². The fraction of sp³-hybridized carbons (Fsp3) is 0.0351. The van der Waals surface area contributed by atoms with Gasteiger partial charge in [-0.3, -0.25) is 4.57 Å². The highest BCUT2D eigenvalue weighted by Gasteiger charge is 2.44. The summed E-state index contributed by atoms with van der Waals surface area (Å²) in [5.41, 5.74) is 16.2. The molecule has 0 radical (unpaired) electrons. The summed E-state index contributed by atoms with van der Waals surface area (Å²) in [6, 6.07) is 75.4. The largest absolute Gasteiger partial charge is 0.333 e. The zero-order valence-electron chi connectivity index (χ0n) is 33.8. The molecule has 62 heavy (non-hydrogen) atoms. The van der Waals surface area contributed by atoms with Gasteiger partial charge in [-0.05, 0) is 75.4 Å². The van der Waals surface area contributed by atoms with Crippen LogP contribution in [0.3, 0.4) is 0 Å². The highest BCUT2D eigenvalue weighted by atomic mass is 15.2. The second kappa shape index (κ2) is 14.8. The van der Waals surface area contributed by atoms with Crippen molar-refractivity contribution in [2.45, 2.75) is 12.0 Å². The minimum atomic E-state index is 0.0316. The molecular formula is C57H39N5. The Morgan fingerprint density at radius 3 is 1.61 bits per heavy atom. The van der Waals surface area contributed by atoms with Crippen molar-refractivity contribution in [2.75, 3.05) is 4.90 Å². The lowest BCUT2D eigenvalue weighted by atomic mass is 9.82. The number of aromatic nitrogens is 4. The van der Waals surface area contributed by atoms with E-state index in [1.807, 2.05) is 36.4 Å². The molecule has 5 heteroatoms. The molecule has 1 aliphatic heterocycles. The smallest absolute Gasteiger partial charge is 0.238 e. The van der Waals surface area contributed by atoms with Gasteiger partial charge in [0.25, 0.3) is 0 Å². The normalized spacial score (nSPS) is 15.0. The quantitative estimate of drug-likeness (QED) is 0.161. The minimum absolute atomic E-state index is 0.0316. The molecule has 2 atom stereocenters. The molecule has 292 valence electrons. The maximum Gasteiger partial charge on any atom is 0.238 e. The van der Waals surface area contributed by atoms with E-state index in [0.29, 0.717) is 17.6 Å². The number of nitrogens with zero attached hydrogens (tertiary/aromatic N) is 5. The Bertz CT molecular complexity index is 3260. The van der Waals surface area contributed by atoms with Gasteiger partial charge >= 0.3 is 0 Å². The zero-order chi connectivity index (χ0) is 41.0. The molecule has 3 heterocycles. The number of fused-ring (bicyclic) bond motifs is 7. The first-order chi connectivity index (χ1) is 30.8. The van der Waals surface area contributed by atoms with Crippen LogP contribution in [-0.2, 0) is 0 Å². The molecule has 10 aromatic rings. The molecule has 8 aromatic carbocycles. The molecule has 0 amide bonds. The molecule has 0 fully saturated rings. The molecule has 0 saturated carbocycles. The molecule has 12 rings (SSSR count). The van der Waals surface area contributed by atoms with E-state index in [0.717, 1.165) is 22.3 Å². The molecule has 0 saturated heterocycles. The third-order valence-electron chi connectivity index (χ3n) is 12.4. The second-order valence-electron chi connectivity index (χ2n) is 16.0. The number of anilines is 2. The molecule has 0 spiro atoms. The summed E-state index contributed by atoms with van der Waals surface area (Å²) in [5.74, 6) is 1.93. The Morgan fingerprint density at radius 2 is 0.919 bits per heavy atom. The van der Waals surface area contributed by atoms with Crippen LogP contribution >= 0.6 is 0 Å².